The highest BCUT2D eigenvalue weighted by atomic mass is 35.5. The lowest BCUT2D eigenvalue weighted by atomic mass is 10.2. The maximum Gasteiger partial charge on any atom is 0.124 e. The van der Waals surface area contributed by atoms with Crippen molar-refractivity contribution in [3.63, 3.8) is 0 Å². The van der Waals surface area contributed by atoms with Gasteiger partial charge in [0.25, 0.3) is 0 Å². The Morgan fingerprint density at radius 2 is 2.16 bits per heavy atom. The minimum atomic E-state index is 0.413. The Labute approximate surface area is 125 Å². The summed E-state index contributed by atoms with van der Waals surface area (Å²) >= 11 is 13.8. The van der Waals surface area contributed by atoms with Crippen LogP contribution >= 0.6 is 34.5 Å². The van der Waals surface area contributed by atoms with Crippen LogP contribution < -0.4 is 0 Å². The van der Waals surface area contributed by atoms with Gasteiger partial charge in [0.2, 0.25) is 0 Å². The molecule has 0 aliphatic carbocycles. The van der Waals surface area contributed by atoms with Gasteiger partial charge in [-0.3, -0.25) is 0 Å². The highest BCUT2D eigenvalue weighted by Crippen LogP contribution is 2.22. The topological polar surface area (TPSA) is 17.8 Å². The molecule has 2 aromatic heterocycles. The number of aryl methyl sites for hydroxylation is 2. The number of halogens is 2. The van der Waals surface area contributed by atoms with Crippen molar-refractivity contribution >= 4 is 45.6 Å². The van der Waals surface area contributed by atoms with Gasteiger partial charge in [0.05, 0.1) is 16.9 Å². The van der Waals surface area contributed by atoms with E-state index < -0.39 is 0 Å². The minimum Gasteiger partial charge on any atom is -0.327 e. The van der Waals surface area contributed by atoms with Crippen LogP contribution in [0.5, 0.6) is 0 Å². The molecule has 2 heterocycles. The lowest BCUT2D eigenvalue weighted by Crippen LogP contribution is -2.04. The standard InChI is InChI=1S/C14H12Cl2N2S/c15-8-14-17-12-2-1-11(16)7-13(12)18(14)5-3-10-4-6-19-9-10/h1-2,4,6-7,9H,3,5,8H2. The number of alkyl halides is 1. The highest BCUT2D eigenvalue weighted by Gasteiger charge is 2.10. The monoisotopic (exact) mass is 310 g/mol. The first-order valence-corrected chi connectivity index (χ1v) is 7.85. The molecule has 0 saturated carbocycles. The molecule has 0 aliphatic heterocycles. The number of rotatable bonds is 4. The fourth-order valence-corrected chi connectivity index (χ4v) is 3.25. The lowest BCUT2D eigenvalue weighted by Gasteiger charge is -2.07. The molecule has 0 spiro atoms. The fourth-order valence-electron chi connectivity index (χ4n) is 2.17. The number of nitrogens with zero attached hydrogens (tertiary/aromatic N) is 2. The van der Waals surface area contributed by atoms with Crippen LogP contribution in [0.15, 0.2) is 35.0 Å². The Hall–Kier alpha value is -1.03. The molecule has 0 unspecified atom stereocenters. The summed E-state index contributed by atoms with van der Waals surface area (Å²) in [7, 11) is 0. The van der Waals surface area contributed by atoms with Crippen molar-refractivity contribution in [2.24, 2.45) is 0 Å². The van der Waals surface area contributed by atoms with Gasteiger partial charge in [-0.2, -0.15) is 11.3 Å². The van der Waals surface area contributed by atoms with E-state index in [0.717, 1.165) is 34.8 Å². The van der Waals surface area contributed by atoms with E-state index in [1.807, 2.05) is 18.2 Å². The molecule has 0 radical (unpaired) electrons. The van der Waals surface area contributed by atoms with Crippen LogP contribution in [-0.4, -0.2) is 9.55 Å². The maximum absolute atomic E-state index is 6.07. The number of thiophene rings is 1. The van der Waals surface area contributed by atoms with Crippen LogP contribution in [-0.2, 0) is 18.8 Å². The molecular formula is C14H12Cl2N2S. The molecule has 0 amide bonds. The van der Waals surface area contributed by atoms with E-state index in [1.54, 1.807) is 11.3 Å². The van der Waals surface area contributed by atoms with E-state index in [1.165, 1.54) is 5.56 Å². The van der Waals surface area contributed by atoms with Crippen molar-refractivity contribution < 1.29 is 0 Å². The number of benzene rings is 1. The summed E-state index contributed by atoms with van der Waals surface area (Å²) in [5.74, 6) is 1.31. The molecule has 0 aliphatic rings. The van der Waals surface area contributed by atoms with Gasteiger partial charge < -0.3 is 4.57 Å². The molecule has 1 aromatic carbocycles. The first-order valence-electron chi connectivity index (χ1n) is 5.99. The Kier molecular flexibility index (Phi) is 3.78. The first-order chi connectivity index (χ1) is 9.28. The molecule has 0 bridgehead atoms. The summed E-state index contributed by atoms with van der Waals surface area (Å²) in [6, 6.07) is 7.90. The summed E-state index contributed by atoms with van der Waals surface area (Å²) in [6.07, 6.45) is 0.978. The van der Waals surface area contributed by atoms with Gasteiger partial charge in [-0.05, 0) is 47.0 Å². The smallest absolute Gasteiger partial charge is 0.124 e. The van der Waals surface area contributed by atoms with Crippen LogP contribution in [0.25, 0.3) is 11.0 Å². The van der Waals surface area contributed by atoms with E-state index in [4.69, 9.17) is 23.2 Å². The molecule has 98 valence electrons. The largest absolute Gasteiger partial charge is 0.327 e. The van der Waals surface area contributed by atoms with Crippen LogP contribution in [0.1, 0.15) is 11.4 Å². The van der Waals surface area contributed by atoms with E-state index in [9.17, 15) is 0 Å². The predicted octanol–water partition coefficient (Wildman–Crippen LogP) is 4.73. The zero-order valence-corrected chi connectivity index (χ0v) is 12.5. The molecule has 2 nitrogen and oxygen atoms in total. The summed E-state index contributed by atoms with van der Waals surface area (Å²) in [5, 5.41) is 5.00. The summed E-state index contributed by atoms with van der Waals surface area (Å²) in [5.41, 5.74) is 3.35. The van der Waals surface area contributed by atoms with Gasteiger partial charge in [0.1, 0.15) is 5.82 Å². The molecule has 3 aromatic rings. The lowest BCUT2D eigenvalue weighted by molar-refractivity contribution is 0.689. The third kappa shape index (κ3) is 2.64. The van der Waals surface area contributed by atoms with Gasteiger partial charge in [-0.25, -0.2) is 4.98 Å². The summed E-state index contributed by atoms with van der Waals surface area (Å²) in [6.45, 7) is 0.871. The molecule has 5 heteroatoms. The number of hydrogen-bond acceptors (Lipinski definition) is 2. The Bertz CT molecular complexity index is 689. The zero-order valence-electron chi connectivity index (χ0n) is 10.1. The third-order valence-corrected chi connectivity index (χ3v) is 4.32. The van der Waals surface area contributed by atoms with Crippen molar-refractivity contribution in [1.29, 1.82) is 0 Å². The normalized spacial score (nSPS) is 11.3. The first kappa shape index (κ1) is 13.0. The Morgan fingerprint density at radius 3 is 2.89 bits per heavy atom. The highest BCUT2D eigenvalue weighted by molar-refractivity contribution is 7.07. The molecular weight excluding hydrogens is 299 g/mol. The summed E-state index contributed by atoms with van der Waals surface area (Å²) in [4.78, 5) is 4.55. The fraction of sp³-hybridized carbons (Fsp3) is 0.214. The minimum absolute atomic E-state index is 0.413. The van der Waals surface area contributed by atoms with Crippen molar-refractivity contribution in [3.8, 4) is 0 Å². The zero-order chi connectivity index (χ0) is 13.2. The molecule has 3 rings (SSSR count). The molecule has 0 atom stereocenters. The molecule has 0 N–H and O–H groups in total. The quantitative estimate of drug-likeness (QED) is 0.637. The van der Waals surface area contributed by atoms with Crippen LogP contribution in [0.4, 0.5) is 0 Å². The van der Waals surface area contributed by atoms with Gasteiger partial charge in [0, 0.05) is 11.6 Å². The molecule has 19 heavy (non-hydrogen) atoms. The second-order valence-corrected chi connectivity index (χ2v) is 5.81. The van der Waals surface area contributed by atoms with Crippen molar-refractivity contribution in [1.82, 2.24) is 9.55 Å². The second kappa shape index (κ2) is 5.53. The van der Waals surface area contributed by atoms with E-state index in [-0.39, 0.29) is 0 Å². The van der Waals surface area contributed by atoms with E-state index >= 15 is 0 Å². The number of aromatic nitrogens is 2. The van der Waals surface area contributed by atoms with E-state index in [0.29, 0.717) is 5.88 Å². The van der Waals surface area contributed by atoms with Gasteiger partial charge in [0.15, 0.2) is 0 Å². The molecule has 0 fully saturated rings. The average molecular weight is 311 g/mol. The predicted molar refractivity (Wildman–Crippen MR) is 82.3 cm³/mol. The Morgan fingerprint density at radius 1 is 1.26 bits per heavy atom. The Balaban J connectivity index is 1.97. The number of imidazole rings is 1. The van der Waals surface area contributed by atoms with Crippen molar-refractivity contribution in [3.05, 3.63) is 51.4 Å². The van der Waals surface area contributed by atoms with Crippen molar-refractivity contribution in [2.75, 3.05) is 0 Å². The third-order valence-electron chi connectivity index (χ3n) is 3.11. The van der Waals surface area contributed by atoms with Gasteiger partial charge >= 0.3 is 0 Å². The summed E-state index contributed by atoms with van der Waals surface area (Å²) < 4.78 is 2.16. The number of fused-ring (bicyclic) bond motifs is 1. The van der Waals surface area contributed by atoms with Crippen molar-refractivity contribution in [2.45, 2.75) is 18.8 Å². The van der Waals surface area contributed by atoms with Gasteiger partial charge in [-0.1, -0.05) is 11.6 Å². The van der Waals surface area contributed by atoms with Gasteiger partial charge in [-0.15, -0.1) is 11.6 Å². The van der Waals surface area contributed by atoms with Crippen LogP contribution in [0.2, 0.25) is 5.02 Å². The SMILES string of the molecule is ClCc1nc2ccc(Cl)cc2n1CCc1ccsc1. The van der Waals surface area contributed by atoms with Crippen LogP contribution in [0, 0.1) is 0 Å². The van der Waals surface area contributed by atoms with Crippen LogP contribution in [0.3, 0.4) is 0 Å². The maximum atomic E-state index is 6.07. The number of hydrogen-bond donors (Lipinski definition) is 0. The van der Waals surface area contributed by atoms with E-state index in [2.05, 4.69) is 26.4 Å². The second-order valence-electron chi connectivity index (χ2n) is 4.33. The molecule has 0 saturated heterocycles. The average Bonchev–Trinajstić information content (AvgIpc) is 3.03.